The van der Waals surface area contributed by atoms with Gasteiger partial charge in [0.15, 0.2) is 0 Å². The van der Waals surface area contributed by atoms with Gasteiger partial charge in [-0.1, -0.05) is 39.5 Å². The fraction of sp³-hybridized carbons (Fsp3) is 0.643. The molecule has 0 bridgehead atoms. The predicted octanol–water partition coefficient (Wildman–Crippen LogP) is 4.83. The van der Waals surface area contributed by atoms with Crippen LogP contribution in [0.3, 0.4) is 0 Å². The van der Waals surface area contributed by atoms with Gasteiger partial charge in [0.2, 0.25) is 5.78 Å². The molecule has 1 aliphatic heterocycles. The molecule has 0 saturated heterocycles. The zero-order valence-corrected chi connectivity index (χ0v) is 21.9. The highest BCUT2D eigenvalue weighted by molar-refractivity contribution is 6.44. The summed E-state index contributed by atoms with van der Waals surface area (Å²) in [5, 5.41) is 20.5. The molecule has 2 atom stereocenters. The molecule has 8 heteroatoms. The van der Waals surface area contributed by atoms with Crippen molar-refractivity contribution in [3.63, 3.8) is 0 Å². The Hall–Kier alpha value is -2.90. The van der Waals surface area contributed by atoms with E-state index in [9.17, 15) is 19.5 Å². The van der Waals surface area contributed by atoms with Gasteiger partial charge in [-0.3, -0.25) is 19.5 Å². The van der Waals surface area contributed by atoms with Gasteiger partial charge in [0.05, 0.1) is 40.1 Å². The monoisotopic (exact) mass is 494 g/mol. The number of aliphatic hydroxyl groups is 1. The lowest BCUT2D eigenvalue weighted by Gasteiger charge is -2.27. The minimum absolute atomic E-state index is 0.00401. The first-order valence-electron chi connectivity index (χ1n) is 13.8. The Morgan fingerprint density at radius 1 is 0.889 bits per heavy atom. The number of allylic oxidation sites excluding steroid dienone is 2. The van der Waals surface area contributed by atoms with Gasteiger partial charge in [-0.25, -0.2) is 9.69 Å². The second-order valence-electron chi connectivity index (χ2n) is 10.9. The molecule has 1 aromatic heterocycles. The molecule has 194 valence electrons. The Morgan fingerprint density at radius 2 is 1.47 bits per heavy atom. The summed E-state index contributed by atoms with van der Waals surface area (Å²) >= 11 is 0. The maximum atomic E-state index is 13.5. The van der Waals surface area contributed by atoms with Crippen LogP contribution < -0.4 is 5.56 Å². The van der Waals surface area contributed by atoms with Crippen LogP contribution in [0.25, 0.3) is 5.57 Å². The van der Waals surface area contributed by atoms with Crippen LogP contribution in [0.1, 0.15) is 103 Å². The quantitative estimate of drug-likeness (QED) is 0.530. The largest absolute Gasteiger partial charge is 0.506 e. The van der Waals surface area contributed by atoms with E-state index < -0.39 is 5.78 Å². The second kappa shape index (κ2) is 9.52. The van der Waals surface area contributed by atoms with Crippen molar-refractivity contribution in [3.05, 3.63) is 38.5 Å². The number of hydrazone groups is 1. The van der Waals surface area contributed by atoms with E-state index in [1.54, 1.807) is 4.68 Å². The van der Waals surface area contributed by atoms with Crippen molar-refractivity contribution in [1.82, 2.24) is 14.8 Å². The number of amides is 1. The lowest BCUT2D eigenvalue weighted by atomic mass is 9.79. The van der Waals surface area contributed by atoms with E-state index >= 15 is 0 Å². The van der Waals surface area contributed by atoms with Gasteiger partial charge < -0.3 is 5.11 Å². The molecule has 3 aliphatic carbocycles. The Balaban J connectivity index is 1.53. The molecular formula is C28H38N4O4. The van der Waals surface area contributed by atoms with Crippen LogP contribution in [-0.4, -0.2) is 43.3 Å². The van der Waals surface area contributed by atoms with Crippen LogP contribution in [0.4, 0.5) is 0 Å². The summed E-state index contributed by atoms with van der Waals surface area (Å²) in [7, 11) is 0. The van der Waals surface area contributed by atoms with Gasteiger partial charge in [-0.2, -0.15) is 5.10 Å². The Morgan fingerprint density at radius 3 is 2.00 bits per heavy atom. The second-order valence-corrected chi connectivity index (χ2v) is 10.9. The number of aryl methyl sites for hydroxylation is 1. The van der Waals surface area contributed by atoms with E-state index in [0.717, 1.165) is 38.5 Å². The molecule has 36 heavy (non-hydrogen) atoms. The maximum absolute atomic E-state index is 13.5. The smallest absolute Gasteiger partial charge is 0.277 e. The van der Waals surface area contributed by atoms with Crippen LogP contribution >= 0.6 is 0 Å². The molecule has 2 heterocycles. The van der Waals surface area contributed by atoms with Gasteiger partial charge in [-0.05, 0) is 64.2 Å². The number of ketones is 1. The Kier molecular flexibility index (Phi) is 6.55. The number of hydrogen-bond acceptors (Lipinski definition) is 5. The summed E-state index contributed by atoms with van der Waals surface area (Å²) in [4.78, 5) is 40.5. The lowest BCUT2D eigenvalue weighted by molar-refractivity contribution is -0.129. The highest BCUT2D eigenvalue weighted by Crippen LogP contribution is 2.42. The fourth-order valence-electron chi connectivity index (χ4n) is 6.70. The topological polar surface area (TPSA) is 108 Å². The maximum Gasteiger partial charge on any atom is 0.277 e. The molecule has 0 aromatic carbocycles. The summed E-state index contributed by atoms with van der Waals surface area (Å²) in [5.41, 5.74) is 1.36. The summed E-state index contributed by atoms with van der Waals surface area (Å²) in [5.74, 6) is -0.213. The number of carbonyl (C=O) groups is 2. The first kappa shape index (κ1) is 24.8. The molecule has 0 radical (unpaired) electrons. The lowest BCUT2D eigenvalue weighted by Crippen LogP contribution is -2.37. The zero-order valence-electron chi connectivity index (χ0n) is 21.9. The molecule has 5 rings (SSSR count). The number of hydrogen-bond donors (Lipinski definition) is 2. The fourth-order valence-corrected chi connectivity index (χ4v) is 6.70. The summed E-state index contributed by atoms with van der Waals surface area (Å²) in [6.45, 7) is 7.88. The number of nitrogens with zero attached hydrogens (tertiary/aromatic N) is 3. The third-order valence-corrected chi connectivity index (χ3v) is 9.00. The third kappa shape index (κ3) is 3.71. The highest BCUT2D eigenvalue weighted by atomic mass is 16.3. The summed E-state index contributed by atoms with van der Waals surface area (Å²) in [6, 6.07) is -0.0586. The molecular weight excluding hydrogens is 456 g/mol. The van der Waals surface area contributed by atoms with E-state index in [0.29, 0.717) is 36.1 Å². The number of Topliss-reactive ketones (excluding diaryl/α,β-unsaturated/α-hetero) is 1. The van der Waals surface area contributed by atoms with Gasteiger partial charge >= 0.3 is 0 Å². The van der Waals surface area contributed by atoms with Crippen molar-refractivity contribution in [2.75, 3.05) is 0 Å². The van der Waals surface area contributed by atoms with Crippen molar-refractivity contribution in [3.8, 4) is 0 Å². The van der Waals surface area contributed by atoms with E-state index in [1.165, 1.54) is 17.9 Å². The van der Waals surface area contributed by atoms with Crippen LogP contribution in [0.5, 0.6) is 0 Å². The standard InChI is InChI=1S/C28H38N4O4/c1-5-19-21(27(35)31(29-19)15(3)17-11-7-8-12-17)23-25(33)24(26(23)34)22-20(6-2)30-32(28(22)36)16(4)18-13-9-10-14-18/h15-18,29,33H,5-14H2,1-4H3/b24-22+. The average molecular weight is 495 g/mol. The average Bonchev–Trinajstić information content (AvgIpc) is 3.68. The number of carbonyl (C=O) groups excluding carboxylic acids is 2. The van der Waals surface area contributed by atoms with Crippen LogP contribution in [0.15, 0.2) is 26.8 Å². The van der Waals surface area contributed by atoms with Crippen LogP contribution in [0.2, 0.25) is 0 Å². The molecule has 1 amide bonds. The minimum atomic E-state index is -0.446. The molecule has 2 saturated carbocycles. The van der Waals surface area contributed by atoms with Crippen molar-refractivity contribution < 1.29 is 14.7 Å². The Labute approximate surface area is 212 Å². The van der Waals surface area contributed by atoms with Crippen LogP contribution in [0, 0.1) is 11.8 Å². The van der Waals surface area contributed by atoms with E-state index in [4.69, 9.17) is 0 Å². The van der Waals surface area contributed by atoms with Crippen LogP contribution in [-0.2, 0) is 16.0 Å². The molecule has 4 aliphatic rings. The predicted molar refractivity (Wildman–Crippen MR) is 139 cm³/mol. The number of aliphatic hydroxyl groups excluding tert-OH is 1. The summed E-state index contributed by atoms with van der Waals surface area (Å²) in [6.07, 6.45) is 9.98. The molecule has 1 aromatic rings. The number of H-pyrrole nitrogens is 1. The summed E-state index contributed by atoms with van der Waals surface area (Å²) < 4.78 is 1.63. The molecule has 2 N–H and O–H groups in total. The van der Waals surface area contributed by atoms with Crippen molar-refractivity contribution in [2.45, 2.75) is 104 Å². The van der Waals surface area contributed by atoms with Crippen molar-refractivity contribution >= 4 is 23.0 Å². The SMILES string of the molecule is CCC1=NN(C(C)C2CCCC2)C(=O)/C1=C1/C(=O)C(c2c(CC)[nH]n(C(C)C3CCCC3)c2=O)=C1O. The number of aromatic nitrogens is 2. The molecule has 0 spiro atoms. The molecule has 2 fully saturated rings. The van der Waals surface area contributed by atoms with E-state index in [2.05, 4.69) is 10.2 Å². The first-order chi connectivity index (χ1) is 17.3. The highest BCUT2D eigenvalue weighted by Gasteiger charge is 2.46. The first-order valence-corrected chi connectivity index (χ1v) is 13.8. The van der Waals surface area contributed by atoms with Crippen molar-refractivity contribution in [2.24, 2.45) is 16.9 Å². The van der Waals surface area contributed by atoms with Crippen molar-refractivity contribution in [1.29, 1.82) is 0 Å². The van der Waals surface area contributed by atoms with Gasteiger partial charge in [0, 0.05) is 5.69 Å². The zero-order chi connectivity index (χ0) is 25.7. The number of aromatic amines is 1. The van der Waals surface area contributed by atoms with Gasteiger partial charge in [0.25, 0.3) is 11.5 Å². The number of rotatable bonds is 7. The third-order valence-electron chi connectivity index (χ3n) is 9.00. The normalized spacial score (nSPS) is 25.2. The molecule has 8 nitrogen and oxygen atoms in total. The number of nitrogens with one attached hydrogen (secondary N) is 1. The van der Waals surface area contributed by atoms with E-state index in [-0.39, 0.29) is 51.6 Å². The van der Waals surface area contributed by atoms with Gasteiger partial charge in [0.1, 0.15) is 5.76 Å². The van der Waals surface area contributed by atoms with E-state index in [1.807, 2.05) is 27.7 Å². The van der Waals surface area contributed by atoms with Gasteiger partial charge in [-0.15, -0.1) is 0 Å². The Bertz CT molecular complexity index is 1230. The molecule has 2 unspecified atom stereocenters. The minimum Gasteiger partial charge on any atom is -0.506 e.